The van der Waals surface area contributed by atoms with Crippen molar-refractivity contribution < 1.29 is 22.6 Å². The number of ether oxygens (including phenoxy) is 2. The summed E-state index contributed by atoms with van der Waals surface area (Å²) in [7, 11) is 5.37. The molecule has 0 fully saturated rings. The molecule has 0 N–H and O–H groups in total. The Morgan fingerprint density at radius 3 is 2.60 bits per heavy atom. The van der Waals surface area contributed by atoms with Gasteiger partial charge in [0.2, 0.25) is 0 Å². The summed E-state index contributed by atoms with van der Waals surface area (Å²) in [4.78, 5) is 23.6. The van der Waals surface area contributed by atoms with E-state index in [9.17, 15) is 18.0 Å². The summed E-state index contributed by atoms with van der Waals surface area (Å²) in [5.74, 6) is 0.936. The number of nitrogens with zero attached hydrogens (tertiary/aromatic N) is 4. The van der Waals surface area contributed by atoms with Gasteiger partial charge in [-0.05, 0) is 43.3 Å². The summed E-state index contributed by atoms with van der Waals surface area (Å²) in [6.45, 7) is 5.51. The van der Waals surface area contributed by atoms with Crippen LogP contribution in [-0.2, 0) is 19.3 Å². The molecule has 4 rings (SSSR count). The van der Waals surface area contributed by atoms with E-state index in [1.165, 1.54) is 25.6 Å². The number of halogens is 3. The van der Waals surface area contributed by atoms with E-state index < -0.39 is 17.3 Å². The summed E-state index contributed by atoms with van der Waals surface area (Å²) in [5.41, 5.74) is 1.79. The quantitative estimate of drug-likeness (QED) is 0.244. The number of benzene rings is 1. The molecule has 208 valence electrons. The fourth-order valence-electron chi connectivity index (χ4n) is 4.46. The minimum atomic E-state index is -4.76. The summed E-state index contributed by atoms with van der Waals surface area (Å²) >= 11 is 0. The van der Waals surface area contributed by atoms with Crippen LogP contribution < -0.4 is 15.0 Å². The molecule has 0 aliphatic heterocycles. The van der Waals surface area contributed by atoms with E-state index in [-0.39, 0.29) is 13.2 Å². The van der Waals surface area contributed by atoms with Crippen LogP contribution in [0.4, 0.5) is 13.2 Å². The smallest absolute Gasteiger partial charge is 0.421 e. The van der Waals surface area contributed by atoms with Crippen LogP contribution in [0.15, 0.2) is 78.4 Å². The molecule has 1 aromatic carbocycles. The number of hydrogen-bond donors (Lipinski definition) is 0. The van der Waals surface area contributed by atoms with E-state index in [0.717, 1.165) is 33.0 Å². The molecule has 0 unspecified atom stereocenters. The molecule has 7 nitrogen and oxygen atoms in total. The van der Waals surface area contributed by atoms with Gasteiger partial charge in [0.05, 0.1) is 24.9 Å². The van der Waals surface area contributed by atoms with Crippen molar-refractivity contribution in [3.63, 3.8) is 0 Å². The van der Waals surface area contributed by atoms with Crippen LogP contribution in [0.25, 0.3) is 16.6 Å². The predicted molar refractivity (Wildman–Crippen MR) is 148 cm³/mol. The van der Waals surface area contributed by atoms with Crippen LogP contribution in [0.1, 0.15) is 28.1 Å². The SMILES string of the molecule is C=C/C=C(/c1cc(C)nc2c(OCc3c(OC)ccnc3Cn3cccc(C(F)(F)F)c3=O)cccc12)N(C)C. The molecular weight excluding hydrogens is 521 g/mol. The van der Waals surface area contributed by atoms with Gasteiger partial charge in [0.15, 0.2) is 0 Å². The predicted octanol–water partition coefficient (Wildman–Crippen LogP) is 5.84. The van der Waals surface area contributed by atoms with Crippen LogP contribution in [0, 0.1) is 6.92 Å². The van der Waals surface area contributed by atoms with Crippen LogP contribution in [0.2, 0.25) is 0 Å². The van der Waals surface area contributed by atoms with Crippen molar-refractivity contribution in [1.82, 2.24) is 19.4 Å². The second-order valence-corrected chi connectivity index (χ2v) is 9.23. The number of pyridine rings is 3. The molecule has 0 radical (unpaired) electrons. The zero-order valence-electron chi connectivity index (χ0n) is 22.6. The Morgan fingerprint density at radius 1 is 1.15 bits per heavy atom. The van der Waals surface area contributed by atoms with Crippen molar-refractivity contribution >= 4 is 16.6 Å². The average Bonchev–Trinajstić information content (AvgIpc) is 2.90. The fourth-order valence-corrected chi connectivity index (χ4v) is 4.46. The third-order valence-electron chi connectivity index (χ3n) is 6.30. The zero-order chi connectivity index (χ0) is 29.0. The van der Waals surface area contributed by atoms with Crippen molar-refractivity contribution in [3.8, 4) is 11.5 Å². The fraction of sp³-hybridized carbons (Fsp3) is 0.233. The first-order chi connectivity index (χ1) is 19.0. The average molecular weight is 551 g/mol. The number of rotatable bonds is 9. The number of hydrogen-bond acceptors (Lipinski definition) is 6. The number of aryl methyl sites for hydroxylation is 1. The number of para-hydroxylation sites is 1. The molecule has 0 saturated carbocycles. The number of aromatic nitrogens is 3. The van der Waals surface area contributed by atoms with Crippen molar-refractivity contribution in [2.45, 2.75) is 26.3 Å². The Kier molecular flexibility index (Phi) is 8.27. The third kappa shape index (κ3) is 5.85. The molecule has 0 bridgehead atoms. The maximum absolute atomic E-state index is 13.3. The number of alkyl halides is 3. The Balaban J connectivity index is 1.74. The van der Waals surface area contributed by atoms with Gasteiger partial charge in [0, 0.05) is 48.8 Å². The number of fused-ring (bicyclic) bond motifs is 1. The van der Waals surface area contributed by atoms with Crippen LogP contribution in [-0.4, -0.2) is 40.6 Å². The first kappa shape index (κ1) is 28.4. The lowest BCUT2D eigenvalue weighted by molar-refractivity contribution is -0.138. The van der Waals surface area contributed by atoms with Gasteiger partial charge in [-0.3, -0.25) is 9.78 Å². The summed E-state index contributed by atoms with van der Waals surface area (Å²) in [6, 6.07) is 11.2. The summed E-state index contributed by atoms with van der Waals surface area (Å²) < 4.78 is 52.6. The van der Waals surface area contributed by atoms with Gasteiger partial charge in [0.25, 0.3) is 5.56 Å². The Morgan fingerprint density at radius 2 is 1.93 bits per heavy atom. The van der Waals surface area contributed by atoms with E-state index in [2.05, 4.69) is 11.6 Å². The molecule has 0 spiro atoms. The second kappa shape index (κ2) is 11.6. The number of methoxy groups -OCH3 is 1. The molecule has 10 heteroatoms. The lowest BCUT2D eigenvalue weighted by Crippen LogP contribution is -2.28. The molecule has 0 atom stereocenters. The molecule has 0 saturated heterocycles. The van der Waals surface area contributed by atoms with E-state index in [1.54, 1.807) is 18.2 Å². The Bertz CT molecular complexity index is 1640. The van der Waals surface area contributed by atoms with Gasteiger partial charge in [0.1, 0.15) is 29.2 Å². The largest absolute Gasteiger partial charge is 0.496 e. The topological polar surface area (TPSA) is 69.5 Å². The molecule has 40 heavy (non-hydrogen) atoms. The second-order valence-electron chi connectivity index (χ2n) is 9.23. The minimum absolute atomic E-state index is 0.0207. The standard InChI is InChI=1S/C30H29F3N4O3/c1-6-9-25(36(3)4)21-16-19(2)35-28-20(21)10-7-12-27(28)40-18-22-24(34-14-13-26(22)39-5)17-37-15-8-11-23(29(37)38)30(31,32)33/h6-16H,1,17-18H2,2-5H3/b25-9-. The highest BCUT2D eigenvalue weighted by Gasteiger charge is 2.34. The van der Waals surface area contributed by atoms with Gasteiger partial charge in [-0.1, -0.05) is 24.8 Å². The van der Waals surface area contributed by atoms with E-state index >= 15 is 0 Å². The van der Waals surface area contributed by atoms with Crippen LogP contribution in [0.5, 0.6) is 11.5 Å². The van der Waals surface area contributed by atoms with Gasteiger partial charge in [-0.15, -0.1) is 0 Å². The highest BCUT2D eigenvalue weighted by atomic mass is 19.4. The maximum atomic E-state index is 13.3. The lowest BCUT2D eigenvalue weighted by atomic mass is 10.0. The normalized spacial score (nSPS) is 11.9. The van der Waals surface area contributed by atoms with Gasteiger partial charge < -0.3 is 18.9 Å². The van der Waals surface area contributed by atoms with E-state index in [0.29, 0.717) is 28.3 Å². The lowest BCUT2D eigenvalue weighted by Gasteiger charge is -2.20. The van der Waals surface area contributed by atoms with Crippen LogP contribution >= 0.6 is 0 Å². The highest BCUT2D eigenvalue weighted by molar-refractivity contribution is 5.94. The minimum Gasteiger partial charge on any atom is -0.496 e. The van der Waals surface area contributed by atoms with Crippen molar-refractivity contribution in [2.75, 3.05) is 21.2 Å². The zero-order valence-corrected chi connectivity index (χ0v) is 22.6. The first-order valence-corrected chi connectivity index (χ1v) is 12.4. The third-order valence-corrected chi connectivity index (χ3v) is 6.30. The van der Waals surface area contributed by atoms with Crippen molar-refractivity contribution in [3.05, 3.63) is 112 Å². The maximum Gasteiger partial charge on any atom is 0.421 e. The van der Waals surface area contributed by atoms with Gasteiger partial charge in [-0.2, -0.15) is 13.2 Å². The molecule has 0 amide bonds. The van der Waals surface area contributed by atoms with Crippen molar-refractivity contribution in [1.29, 1.82) is 0 Å². The molecular formula is C30H29F3N4O3. The summed E-state index contributed by atoms with van der Waals surface area (Å²) in [5, 5.41) is 0.874. The van der Waals surface area contributed by atoms with Crippen LogP contribution in [0.3, 0.4) is 0 Å². The number of allylic oxidation sites excluding steroid dienone is 2. The highest BCUT2D eigenvalue weighted by Crippen LogP contribution is 2.33. The molecule has 3 heterocycles. The Labute approximate surface area is 229 Å². The monoisotopic (exact) mass is 550 g/mol. The van der Waals surface area contributed by atoms with Gasteiger partial charge >= 0.3 is 6.18 Å². The molecule has 0 aliphatic rings. The summed E-state index contributed by atoms with van der Waals surface area (Å²) in [6.07, 6.45) is 1.65. The molecule has 4 aromatic rings. The molecule has 3 aromatic heterocycles. The Hall–Kier alpha value is -4.60. The molecule has 0 aliphatic carbocycles. The van der Waals surface area contributed by atoms with Crippen molar-refractivity contribution in [2.24, 2.45) is 0 Å². The van der Waals surface area contributed by atoms with E-state index in [4.69, 9.17) is 14.5 Å². The first-order valence-electron chi connectivity index (χ1n) is 12.4. The van der Waals surface area contributed by atoms with E-state index in [1.807, 2.05) is 50.2 Å². The van der Waals surface area contributed by atoms with Gasteiger partial charge in [-0.25, -0.2) is 4.98 Å².